The molecule has 0 saturated heterocycles. The number of halogens is 1. The lowest BCUT2D eigenvalue weighted by atomic mass is 10.1. The molecule has 0 bridgehead atoms. The van der Waals surface area contributed by atoms with Crippen LogP contribution in [0.5, 0.6) is 11.5 Å². The molecule has 2 aromatic carbocycles. The van der Waals surface area contributed by atoms with Crippen LogP contribution in [-0.4, -0.2) is 26.0 Å². The highest BCUT2D eigenvalue weighted by Gasteiger charge is 2.19. The smallest absolute Gasteiger partial charge is 0.291 e. The number of ether oxygens (including phenoxy) is 2. The number of anilines is 1. The van der Waals surface area contributed by atoms with E-state index in [-0.39, 0.29) is 17.0 Å². The number of hydrogen-bond acceptors (Lipinski definition) is 5. The monoisotopic (exact) mass is 418 g/mol. The number of carbonyl (C=O) groups is 2. The van der Waals surface area contributed by atoms with Gasteiger partial charge in [0.05, 0.1) is 29.9 Å². The number of benzene rings is 2. The number of hydrogen-bond donors (Lipinski definition) is 2. The normalized spacial score (nSPS) is 10.6. The summed E-state index contributed by atoms with van der Waals surface area (Å²) in [5.41, 5.74) is 6.25. The van der Waals surface area contributed by atoms with Crippen molar-refractivity contribution in [2.75, 3.05) is 19.5 Å². The fourth-order valence-electron chi connectivity index (χ4n) is 2.51. The second-order valence-electron chi connectivity index (χ2n) is 5.34. The van der Waals surface area contributed by atoms with Crippen LogP contribution in [0.4, 0.5) is 5.69 Å². The number of furan rings is 1. The fraction of sp³-hybridized carbons (Fsp3) is 0.111. The van der Waals surface area contributed by atoms with E-state index in [9.17, 15) is 9.59 Å². The topological polar surface area (TPSA) is 104 Å². The lowest BCUT2D eigenvalue weighted by Gasteiger charge is -2.13. The summed E-state index contributed by atoms with van der Waals surface area (Å²) in [4.78, 5) is 24.3. The minimum Gasteiger partial charge on any atom is -0.493 e. The molecule has 26 heavy (non-hydrogen) atoms. The molecule has 3 aromatic rings. The first kappa shape index (κ1) is 17.8. The Morgan fingerprint density at radius 3 is 2.42 bits per heavy atom. The van der Waals surface area contributed by atoms with Gasteiger partial charge in [0.25, 0.3) is 11.8 Å². The van der Waals surface area contributed by atoms with Gasteiger partial charge in [-0.1, -0.05) is 12.1 Å². The Labute approximate surface area is 157 Å². The predicted molar refractivity (Wildman–Crippen MR) is 99.9 cm³/mol. The van der Waals surface area contributed by atoms with Crippen molar-refractivity contribution in [1.82, 2.24) is 0 Å². The van der Waals surface area contributed by atoms with Gasteiger partial charge in [-0.05, 0) is 34.1 Å². The fourth-order valence-corrected chi connectivity index (χ4v) is 2.97. The SMILES string of the molecule is COc1cc(NC(=O)c2cc3cccc(Br)c3o2)c(C(N)=O)cc1OC. The highest BCUT2D eigenvalue weighted by Crippen LogP contribution is 2.34. The van der Waals surface area contributed by atoms with E-state index in [0.29, 0.717) is 17.1 Å². The largest absolute Gasteiger partial charge is 0.493 e. The van der Waals surface area contributed by atoms with Crippen molar-refractivity contribution < 1.29 is 23.5 Å². The summed E-state index contributed by atoms with van der Waals surface area (Å²) in [6.45, 7) is 0. The molecule has 3 N–H and O–H groups in total. The number of nitrogens with one attached hydrogen (secondary N) is 1. The number of rotatable bonds is 5. The highest BCUT2D eigenvalue weighted by atomic mass is 79.9. The number of amides is 2. The first-order valence-corrected chi connectivity index (χ1v) is 8.29. The van der Waals surface area contributed by atoms with Gasteiger partial charge in [-0.2, -0.15) is 0 Å². The summed E-state index contributed by atoms with van der Waals surface area (Å²) in [7, 11) is 2.89. The quantitative estimate of drug-likeness (QED) is 0.658. The van der Waals surface area contributed by atoms with E-state index in [1.807, 2.05) is 18.2 Å². The molecule has 8 heteroatoms. The molecule has 7 nitrogen and oxygen atoms in total. The van der Waals surface area contributed by atoms with Crippen LogP contribution in [0.2, 0.25) is 0 Å². The van der Waals surface area contributed by atoms with Gasteiger partial charge in [0.15, 0.2) is 17.3 Å². The Kier molecular flexibility index (Phi) is 4.85. The van der Waals surface area contributed by atoms with Gasteiger partial charge < -0.3 is 24.9 Å². The lowest BCUT2D eigenvalue weighted by molar-refractivity contribution is 0.0998. The minimum atomic E-state index is -0.714. The summed E-state index contributed by atoms with van der Waals surface area (Å²) in [5, 5.41) is 3.40. The summed E-state index contributed by atoms with van der Waals surface area (Å²) in [6, 6.07) is 9.96. The summed E-state index contributed by atoms with van der Waals surface area (Å²) < 4.78 is 16.7. The molecule has 0 atom stereocenters. The van der Waals surface area contributed by atoms with Crippen molar-refractivity contribution in [2.24, 2.45) is 5.73 Å². The van der Waals surface area contributed by atoms with E-state index in [4.69, 9.17) is 19.6 Å². The van der Waals surface area contributed by atoms with Crippen molar-refractivity contribution in [3.63, 3.8) is 0 Å². The zero-order valence-corrected chi connectivity index (χ0v) is 15.5. The van der Waals surface area contributed by atoms with Crippen molar-refractivity contribution >= 4 is 44.4 Å². The van der Waals surface area contributed by atoms with Crippen molar-refractivity contribution in [3.8, 4) is 11.5 Å². The molecule has 0 spiro atoms. The maximum absolute atomic E-state index is 12.6. The van der Waals surface area contributed by atoms with Gasteiger partial charge in [-0.15, -0.1) is 0 Å². The second-order valence-corrected chi connectivity index (χ2v) is 6.19. The molecule has 0 radical (unpaired) electrons. The molecular weight excluding hydrogens is 404 g/mol. The highest BCUT2D eigenvalue weighted by molar-refractivity contribution is 9.10. The number of para-hydroxylation sites is 1. The molecule has 134 valence electrons. The lowest BCUT2D eigenvalue weighted by Crippen LogP contribution is -2.18. The Bertz CT molecular complexity index is 1010. The number of primary amides is 1. The molecule has 0 unspecified atom stereocenters. The molecular formula is C18H15BrN2O5. The Hall–Kier alpha value is -3.00. The molecule has 0 aliphatic carbocycles. The van der Waals surface area contributed by atoms with Crippen LogP contribution < -0.4 is 20.5 Å². The van der Waals surface area contributed by atoms with Crippen LogP contribution in [0.3, 0.4) is 0 Å². The molecule has 2 amide bonds. The van der Waals surface area contributed by atoms with E-state index >= 15 is 0 Å². The molecule has 1 aromatic heterocycles. The predicted octanol–water partition coefficient (Wildman–Crippen LogP) is 3.56. The van der Waals surface area contributed by atoms with E-state index in [1.165, 1.54) is 26.4 Å². The van der Waals surface area contributed by atoms with E-state index in [2.05, 4.69) is 21.2 Å². The van der Waals surface area contributed by atoms with Gasteiger partial charge in [0, 0.05) is 11.5 Å². The second kappa shape index (κ2) is 7.09. The number of fused-ring (bicyclic) bond motifs is 1. The molecule has 0 saturated carbocycles. The maximum Gasteiger partial charge on any atom is 0.291 e. The van der Waals surface area contributed by atoms with Crippen molar-refractivity contribution in [2.45, 2.75) is 0 Å². The Balaban J connectivity index is 1.99. The van der Waals surface area contributed by atoms with Crippen LogP contribution in [0, 0.1) is 0 Å². The minimum absolute atomic E-state index is 0.0910. The summed E-state index contributed by atoms with van der Waals surface area (Å²) >= 11 is 3.37. The van der Waals surface area contributed by atoms with Crippen molar-refractivity contribution in [1.29, 1.82) is 0 Å². The standard InChI is InChI=1S/C18H15BrN2O5/c1-24-13-7-10(17(20)22)12(8-14(13)25-2)21-18(23)15-6-9-4-3-5-11(19)16(9)26-15/h3-8H,1-2H3,(H2,20,22)(H,21,23). The first-order valence-electron chi connectivity index (χ1n) is 7.49. The van der Waals surface area contributed by atoms with Crippen molar-refractivity contribution in [3.05, 3.63) is 52.2 Å². The van der Waals surface area contributed by atoms with Gasteiger partial charge in [0.2, 0.25) is 0 Å². The Morgan fingerprint density at radius 1 is 1.12 bits per heavy atom. The summed E-state index contributed by atoms with van der Waals surface area (Å²) in [6.07, 6.45) is 0. The zero-order valence-electron chi connectivity index (χ0n) is 14.0. The molecule has 0 fully saturated rings. The molecule has 1 heterocycles. The average Bonchev–Trinajstić information content (AvgIpc) is 3.07. The van der Waals surface area contributed by atoms with E-state index in [0.717, 1.165) is 9.86 Å². The van der Waals surface area contributed by atoms with E-state index in [1.54, 1.807) is 6.07 Å². The third kappa shape index (κ3) is 3.23. The van der Waals surface area contributed by atoms with Gasteiger partial charge in [-0.25, -0.2) is 0 Å². The number of methoxy groups -OCH3 is 2. The molecule has 0 aliphatic rings. The van der Waals surface area contributed by atoms with E-state index < -0.39 is 11.8 Å². The van der Waals surface area contributed by atoms with Crippen LogP contribution in [0.15, 0.2) is 45.3 Å². The summed E-state index contributed by atoms with van der Waals surface area (Å²) in [5.74, 6) is -0.472. The van der Waals surface area contributed by atoms with Crippen LogP contribution in [-0.2, 0) is 0 Å². The Morgan fingerprint density at radius 2 is 1.81 bits per heavy atom. The van der Waals surface area contributed by atoms with Crippen LogP contribution >= 0.6 is 15.9 Å². The average molecular weight is 419 g/mol. The van der Waals surface area contributed by atoms with Gasteiger partial charge in [0.1, 0.15) is 5.58 Å². The van der Waals surface area contributed by atoms with Crippen LogP contribution in [0.25, 0.3) is 11.0 Å². The zero-order chi connectivity index (χ0) is 18.8. The number of nitrogens with two attached hydrogens (primary N) is 1. The molecule has 3 rings (SSSR count). The third-order valence-corrected chi connectivity index (χ3v) is 4.38. The number of carbonyl (C=O) groups excluding carboxylic acids is 2. The first-order chi connectivity index (χ1) is 12.4. The molecule has 0 aliphatic heterocycles. The van der Waals surface area contributed by atoms with Crippen LogP contribution in [0.1, 0.15) is 20.9 Å². The van der Waals surface area contributed by atoms with Gasteiger partial charge >= 0.3 is 0 Å². The van der Waals surface area contributed by atoms with Gasteiger partial charge in [-0.3, -0.25) is 9.59 Å². The third-order valence-electron chi connectivity index (χ3n) is 3.76. The maximum atomic E-state index is 12.6.